The first-order valence-electron chi connectivity index (χ1n) is 8.33. The molecule has 1 N–H and O–H groups in total. The van der Waals surface area contributed by atoms with Crippen molar-refractivity contribution >= 4 is 58.1 Å². The summed E-state index contributed by atoms with van der Waals surface area (Å²) in [5, 5.41) is 13.2. The molecule has 0 radical (unpaired) electrons. The predicted molar refractivity (Wildman–Crippen MR) is 118 cm³/mol. The number of amides is 1. The number of rotatable bonds is 8. The van der Waals surface area contributed by atoms with Gasteiger partial charge in [0, 0.05) is 10.8 Å². The van der Waals surface area contributed by atoms with Gasteiger partial charge in [-0.15, -0.1) is 10.2 Å². The Bertz CT molecular complexity index is 963. The summed E-state index contributed by atoms with van der Waals surface area (Å²) < 4.78 is 1.60. The number of nitrogens with one attached hydrogen (secondary N) is 1. The van der Waals surface area contributed by atoms with Crippen LogP contribution < -0.4 is 5.43 Å². The van der Waals surface area contributed by atoms with Crippen LogP contribution in [0.25, 0.3) is 0 Å². The fraction of sp³-hybridized carbons (Fsp3) is 0.158. The van der Waals surface area contributed by atoms with Gasteiger partial charge in [0.25, 0.3) is 5.91 Å². The van der Waals surface area contributed by atoms with E-state index in [1.807, 2.05) is 61.5 Å². The van der Waals surface area contributed by atoms with Crippen molar-refractivity contribution in [1.29, 1.82) is 0 Å². The fourth-order valence-electron chi connectivity index (χ4n) is 2.12. The van der Waals surface area contributed by atoms with Crippen LogP contribution in [0.15, 0.2) is 68.4 Å². The Morgan fingerprint density at radius 1 is 1.07 bits per heavy atom. The Kier molecular flexibility index (Phi) is 7.90. The third-order valence-electron chi connectivity index (χ3n) is 3.56. The molecule has 0 bridgehead atoms. The van der Waals surface area contributed by atoms with Gasteiger partial charge in [-0.1, -0.05) is 95.0 Å². The van der Waals surface area contributed by atoms with Crippen LogP contribution in [0.5, 0.6) is 0 Å². The maximum absolute atomic E-state index is 12.0. The first kappa shape index (κ1) is 20.9. The topological polar surface area (TPSA) is 67.2 Å². The van der Waals surface area contributed by atoms with Crippen LogP contribution >= 0.6 is 46.5 Å². The van der Waals surface area contributed by atoms with Crippen molar-refractivity contribution in [3.63, 3.8) is 0 Å². The monoisotopic (exact) mass is 448 g/mol. The summed E-state index contributed by atoms with van der Waals surface area (Å²) in [4.78, 5) is 12.0. The molecule has 0 fully saturated rings. The smallest absolute Gasteiger partial charge is 0.250 e. The first-order chi connectivity index (χ1) is 13.6. The lowest BCUT2D eigenvalue weighted by Crippen LogP contribution is -2.21. The summed E-state index contributed by atoms with van der Waals surface area (Å²) in [6.45, 7) is 1.86. The number of nitrogens with zero attached hydrogens (tertiary/aromatic N) is 3. The molecule has 0 atom stereocenters. The summed E-state index contributed by atoms with van der Waals surface area (Å²) >= 11 is 10.6. The van der Waals surface area contributed by atoms with E-state index in [1.54, 1.807) is 11.8 Å². The molecule has 0 saturated heterocycles. The van der Waals surface area contributed by atoms with Gasteiger partial charge in [-0.05, 0) is 24.1 Å². The normalized spacial score (nSPS) is 11.4. The Morgan fingerprint density at radius 3 is 2.50 bits per heavy atom. The van der Waals surface area contributed by atoms with E-state index >= 15 is 0 Å². The molecule has 0 aliphatic rings. The van der Waals surface area contributed by atoms with Gasteiger partial charge >= 0.3 is 0 Å². The fourth-order valence-corrected chi connectivity index (χ4v) is 5.22. The molecule has 1 amide bonds. The number of hydrogen-bond donors (Lipinski definition) is 1. The second-order valence-electron chi connectivity index (χ2n) is 5.60. The largest absolute Gasteiger partial charge is 0.272 e. The summed E-state index contributed by atoms with van der Waals surface area (Å²) in [7, 11) is 0. The van der Waals surface area contributed by atoms with Crippen LogP contribution in [-0.4, -0.2) is 27.6 Å². The third kappa shape index (κ3) is 6.34. The van der Waals surface area contributed by atoms with Gasteiger partial charge in [-0.2, -0.15) is 5.10 Å². The lowest BCUT2D eigenvalue weighted by molar-refractivity contribution is -0.118. The second kappa shape index (κ2) is 10.6. The zero-order valence-corrected chi connectivity index (χ0v) is 18.2. The van der Waals surface area contributed by atoms with E-state index in [0.717, 1.165) is 36.3 Å². The number of carbonyl (C=O) groups excluding carboxylic acids is 1. The standard InChI is InChI=1S/C19H17ClN4OS3/c1-13(14-7-3-2-4-8-14)21-22-17(25)12-27-19-24-23-18(28-19)26-11-15-9-5-6-10-16(15)20/h2-10H,11-12H2,1H3,(H,22,25). The molecule has 3 rings (SSSR count). The molecular formula is C19H17ClN4OS3. The average Bonchev–Trinajstić information content (AvgIpc) is 3.18. The van der Waals surface area contributed by atoms with Crippen molar-refractivity contribution in [3.8, 4) is 0 Å². The van der Waals surface area contributed by atoms with Gasteiger partial charge in [0.1, 0.15) is 0 Å². The first-order valence-corrected chi connectivity index (χ1v) is 11.5. The van der Waals surface area contributed by atoms with E-state index in [1.165, 1.54) is 23.1 Å². The van der Waals surface area contributed by atoms with E-state index < -0.39 is 0 Å². The molecule has 3 aromatic rings. The minimum atomic E-state index is -0.180. The number of aromatic nitrogens is 2. The summed E-state index contributed by atoms with van der Waals surface area (Å²) in [6, 6.07) is 17.4. The zero-order valence-electron chi connectivity index (χ0n) is 15.0. The van der Waals surface area contributed by atoms with Crippen molar-refractivity contribution in [2.75, 3.05) is 5.75 Å². The van der Waals surface area contributed by atoms with Crippen LogP contribution in [0.3, 0.4) is 0 Å². The highest BCUT2D eigenvalue weighted by atomic mass is 35.5. The maximum Gasteiger partial charge on any atom is 0.250 e. The van der Waals surface area contributed by atoms with Crippen molar-refractivity contribution in [2.24, 2.45) is 5.10 Å². The highest BCUT2D eigenvalue weighted by Gasteiger charge is 2.09. The maximum atomic E-state index is 12.0. The molecule has 144 valence electrons. The number of hydrogen-bond acceptors (Lipinski definition) is 7. The minimum Gasteiger partial charge on any atom is -0.272 e. The molecule has 28 heavy (non-hydrogen) atoms. The van der Waals surface area contributed by atoms with Crippen LogP contribution in [0.1, 0.15) is 18.1 Å². The number of halogens is 1. The van der Waals surface area contributed by atoms with E-state index in [9.17, 15) is 4.79 Å². The number of hydrazone groups is 1. The van der Waals surface area contributed by atoms with E-state index in [2.05, 4.69) is 20.7 Å². The van der Waals surface area contributed by atoms with Gasteiger partial charge in [0.2, 0.25) is 0 Å². The molecule has 1 aromatic heterocycles. The highest BCUT2D eigenvalue weighted by molar-refractivity contribution is 8.03. The van der Waals surface area contributed by atoms with Crippen LogP contribution in [-0.2, 0) is 10.5 Å². The van der Waals surface area contributed by atoms with Crippen molar-refractivity contribution in [2.45, 2.75) is 21.4 Å². The number of thioether (sulfide) groups is 2. The van der Waals surface area contributed by atoms with Gasteiger partial charge < -0.3 is 0 Å². The van der Waals surface area contributed by atoms with Crippen molar-refractivity contribution in [1.82, 2.24) is 15.6 Å². The quantitative estimate of drug-likeness (QED) is 0.294. The van der Waals surface area contributed by atoms with Crippen molar-refractivity contribution < 1.29 is 4.79 Å². The van der Waals surface area contributed by atoms with Gasteiger partial charge in [0.15, 0.2) is 8.68 Å². The SMILES string of the molecule is CC(=NNC(=O)CSc1nnc(SCc2ccccc2Cl)s1)c1ccccc1. The summed E-state index contributed by atoms with van der Waals surface area (Å²) in [5.41, 5.74) is 5.36. The van der Waals surface area contributed by atoms with E-state index in [-0.39, 0.29) is 11.7 Å². The van der Waals surface area contributed by atoms with Gasteiger partial charge in [-0.3, -0.25) is 4.79 Å². The molecule has 0 spiro atoms. The van der Waals surface area contributed by atoms with Gasteiger partial charge in [0.05, 0.1) is 11.5 Å². The molecule has 0 saturated carbocycles. The Balaban J connectivity index is 1.45. The molecule has 2 aromatic carbocycles. The molecule has 1 heterocycles. The minimum absolute atomic E-state index is 0.180. The summed E-state index contributed by atoms with van der Waals surface area (Å²) in [5.74, 6) is 0.781. The molecule has 5 nitrogen and oxygen atoms in total. The van der Waals surface area contributed by atoms with Crippen LogP contribution in [0.2, 0.25) is 5.02 Å². The van der Waals surface area contributed by atoms with E-state index in [0.29, 0.717) is 0 Å². The zero-order chi connectivity index (χ0) is 19.8. The Labute approximate surface area is 181 Å². The van der Waals surface area contributed by atoms with E-state index in [4.69, 9.17) is 11.6 Å². The average molecular weight is 449 g/mol. The Hall–Kier alpha value is -1.87. The highest BCUT2D eigenvalue weighted by Crippen LogP contribution is 2.32. The molecular weight excluding hydrogens is 432 g/mol. The lowest BCUT2D eigenvalue weighted by atomic mass is 10.1. The molecule has 0 aliphatic heterocycles. The predicted octanol–water partition coefficient (Wildman–Crippen LogP) is 5.12. The van der Waals surface area contributed by atoms with Gasteiger partial charge in [-0.25, -0.2) is 5.43 Å². The lowest BCUT2D eigenvalue weighted by Gasteiger charge is -2.02. The van der Waals surface area contributed by atoms with Crippen LogP contribution in [0, 0.1) is 0 Å². The molecule has 9 heteroatoms. The molecule has 0 aliphatic carbocycles. The number of benzene rings is 2. The Morgan fingerprint density at radius 2 is 1.75 bits per heavy atom. The number of carbonyl (C=O) groups is 1. The van der Waals surface area contributed by atoms with Crippen LogP contribution in [0.4, 0.5) is 0 Å². The summed E-state index contributed by atoms with van der Waals surface area (Å²) in [6.07, 6.45) is 0. The molecule has 0 unspecified atom stereocenters. The van der Waals surface area contributed by atoms with Crippen molar-refractivity contribution in [3.05, 3.63) is 70.7 Å². The third-order valence-corrected chi connectivity index (χ3v) is 7.17. The second-order valence-corrected chi connectivity index (χ2v) is 9.43.